The zero-order chi connectivity index (χ0) is 7.94. The maximum Gasteiger partial charge on any atom is 0.0933 e. The van der Waals surface area contributed by atoms with Crippen LogP contribution in [0.2, 0.25) is 0 Å². The number of hydrogen-bond donors (Lipinski definition) is 1. The lowest BCUT2D eigenvalue weighted by atomic mass is 10.3. The minimum Gasteiger partial charge on any atom is -0.376 e. The Morgan fingerprint density at radius 1 is 1.55 bits per heavy atom. The quantitative estimate of drug-likeness (QED) is 0.466. The molecule has 1 N–H and O–H groups in total. The fourth-order valence-electron chi connectivity index (χ4n) is 1.00. The molecule has 0 aromatic carbocycles. The highest BCUT2D eigenvalue weighted by atomic mass is 16.6. The maximum absolute atomic E-state index is 5.40. The Labute approximate surface area is 67.4 Å². The zero-order valence-electron chi connectivity index (χ0n) is 6.71. The summed E-state index contributed by atoms with van der Waals surface area (Å²) in [6.07, 6.45) is 2.06. The number of rotatable bonds is 4. The number of hydrogen-bond acceptors (Lipinski definition) is 3. The molecule has 1 unspecified atom stereocenters. The van der Waals surface area contributed by atoms with Gasteiger partial charge in [-0.1, -0.05) is 6.08 Å². The van der Waals surface area contributed by atoms with Gasteiger partial charge in [0, 0.05) is 13.1 Å². The summed E-state index contributed by atoms with van der Waals surface area (Å²) in [7, 11) is 0. The van der Waals surface area contributed by atoms with E-state index < -0.39 is 0 Å². The molecule has 0 aromatic rings. The summed E-state index contributed by atoms with van der Waals surface area (Å²) >= 11 is 0. The molecule has 3 heteroatoms. The van der Waals surface area contributed by atoms with Crippen molar-refractivity contribution in [3.8, 4) is 0 Å². The molecule has 0 spiro atoms. The van der Waals surface area contributed by atoms with Gasteiger partial charge in [-0.2, -0.15) is 0 Å². The molecular formula is C8H15NO2. The van der Waals surface area contributed by atoms with Gasteiger partial charge in [0.2, 0.25) is 0 Å². The average molecular weight is 157 g/mol. The third kappa shape index (κ3) is 3.51. The average Bonchev–Trinajstić information content (AvgIpc) is 2.07. The number of nitrogens with one attached hydrogen (secondary N) is 1. The Balaban J connectivity index is 2.00. The van der Waals surface area contributed by atoms with E-state index in [-0.39, 0.29) is 6.10 Å². The van der Waals surface area contributed by atoms with Crippen LogP contribution in [0.4, 0.5) is 0 Å². The van der Waals surface area contributed by atoms with Crippen LogP contribution in [0, 0.1) is 0 Å². The summed E-state index contributed by atoms with van der Waals surface area (Å²) in [5.41, 5.74) is 0. The normalized spacial score (nSPS) is 24.9. The molecule has 0 amide bonds. The zero-order valence-corrected chi connectivity index (χ0v) is 6.71. The van der Waals surface area contributed by atoms with Crippen molar-refractivity contribution in [2.45, 2.75) is 6.10 Å². The van der Waals surface area contributed by atoms with Crippen molar-refractivity contribution in [3.63, 3.8) is 0 Å². The molecule has 64 valence electrons. The maximum atomic E-state index is 5.40. The summed E-state index contributed by atoms with van der Waals surface area (Å²) in [6.45, 7) is 7.46. The largest absolute Gasteiger partial charge is 0.376 e. The van der Waals surface area contributed by atoms with E-state index in [0.29, 0.717) is 6.61 Å². The van der Waals surface area contributed by atoms with Crippen molar-refractivity contribution >= 4 is 0 Å². The Hall–Kier alpha value is -0.380. The molecule has 1 heterocycles. The van der Waals surface area contributed by atoms with Crippen LogP contribution in [0.15, 0.2) is 12.7 Å². The van der Waals surface area contributed by atoms with Crippen LogP contribution in [-0.4, -0.2) is 39.0 Å². The van der Waals surface area contributed by atoms with E-state index in [9.17, 15) is 0 Å². The second-order valence-corrected chi connectivity index (χ2v) is 2.51. The highest BCUT2D eigenvalue weighted by Crippen LogP contribution is 1.98. The molecule has 3 nitrogen and oxygen atoms in total. The van der Waals surface area contributed by atoms with Crippen molar-refractivity contribution in [1.82, 2.24) is 5.32 Å². The first-order valence-electron chi connectivity index (χ1n) is 3.94. The smallest absolute Gasteiger partial charge is 0.0933 e. The molecule has 1 fully saturated rings. The second kappa shape index (κ2) is 5.29. The molecule has 0 aliphatic carbocycles. The first kappa shape index (κ1) is 8.71. The fraction of sp³-hybridized carbons (Fsp3) is 0.750. The van der Waals surface area contributed by atoms with Gasteiger partial charge in [-0.25, -0.2) is 0 Å². The Bertz CT molecular complexity index is 111. The second-order valence-electron chi connectivity index (χ2n) is 2.51. The van der Waals surface area contributed by atoms with Crippen molar-refractivity contribution in [1.29, 1.82) is 0 Å². The highest BCUT2D eigenvalue weighted by molar-refractivity contribution is 4.72. The standard InChI is InChI=1S/C8H15NO2/c1-2-3-9-6-8-7-10-4-5-11-8/h2,8-9H,1,3-7H2. The van der Waals surface area contributed by atoms with Crippen molar-refractivity contribution in [3.05, 3.63) is 12.7 Å². The monoisotopic (exact) mass is 157 g/mol. The molecule has 1 saturated heterocycles. The lowest BCUT2D eigenvalue weighted by Gasteiger charge is -2.22. The molecule has 11 heavy (non-hydrogen) atoms. The molecule has 1 aliphatic rings. The van der Waals surface area contributed by atoms with Crippen LogP contribution in [0.25, 0.3) is 0 Å². The van der Waals surface area contributed by atoms with Gasteiger partial charge in [-0.05, 0) is 0 Å². The number of ether oxygens (including phenoxy) is 2. The van der Waals surface area contributed by atoms with Gasteiger partial charge < -0.3 is 14.8 Å². The summed E-state index contributed by atoms with van der Waals surface area (Å²) < 4.78 is 10.6. The van der Waals surface area contributed by atoms with Gasteiger partial charge >= 0.3 is 0 Å². The summed E-state index contributed by atoms with van der Waals surface area (Å²) in [5.74, 6) is 0. The fourth-order valence-corrected chi connectivity index (χ4v) is 1.00. The molecular weight excluding hydrogens is 142 g/mol. The molecule has 0 saturated carbocycles. The van der Waals surface area contributed by atoms with Crippen LogP contribution in [0.5, 0.6) is 0 Å². The molecule has 0 radical (unpaired) electrons. The predicted molar refractivity (Wildman–Crippen MR) is 43.6 cm³/mol. The minimum atomic E-state index is 0.226. The first-order chi connectivity index (χ1) is 5.43. The van der Waals surface area contributed by atoms with Crippen LogP contribution in [-0.2, 0) is 9.47 Å². The van der Waals surface area contributed by atoms with E-state index >= 15 is 0 Å². The van der Waals surface area contributed by atoms with E-state index in [1.807, 2.05) is 6.08 Å². The van der Waals surface area contributed by atoms with Crippen LogP contribution >= 0.6 is 0 Å². The van der Waals surface area contributed by atoms with Crippen LogP contribution in [0.1, 0.15) is 0 Å². The summed E-state index contributed by atoms with van der Waals surface area (Å²) in [4.78, 5) is 0. The lowest BCUT2D eigenvalue weighted by molar-refractivity contribution is -0.0860. The van der Waals surface area contributed by atoms with Gasteiger partial charge in [0.15, 0.2) is 0 Å². The van der Waals surface area contributed by atoms with E-state index in [1.54, 1.807) is 0 Å². The van der Waals surface area contributed by atoms with Gasteiger partial charge in [-0.15, -0.1) is 6.58 Å². The van der Waals surface area contributed by atoms with E-state index in [2.05, 4.69) is 11.9 Å². The van der Waals surface area contributed by atoms with Gasteiger partial charge in [0.25, 0.3) is 0 Å². The van der Waals surface area contributed by atoms with Crippen molar-refractivity contribution < 1.29 is 9.47 Å². The molecule has 1 rings (SSSR count). The SMILES string of the molecule is C=CCNCC1COCCO1. The van der Waals surface area contributed by atoms with Crippen molar-refractivity contribution in [2.75, 3.05) is 32.9 Å². The highest BCUT2D eigenvalue weighted by Gasteiger charge is 2.12. The van der Waals surface area contributed by atoms with E-state index in [1.165, 1.54) is 0 Å². The Morgan fingerprint density at radius 3 is 3.09 bits per heavy atom. The Kier molecular flexibility index (Phi) is 4.19. The molecule has 0 bridgehead atoms. The predicted octanol–water partition coefficient (Wildman–Crippen LogP) is 0.177. The molecule has 0 aromatic heterocycles. The van der Waals surface area contributed by atoms with E-state index in [4.69, 9.17) is 9.47 Å². The summed E-state index contributed by atoms with van der Waals surface area (Å²) in [5, 5.41) is 3.18. The minimum absolute atomic E-state index is 0.226. The third-order valence-corrected chi connectivity index (χ3v) is 1.55. The van der Waals surface area contributed by atoms with Crippen LogP contribution < -0.4 is 5.32 Å². The Morgan fingerprint density at radius 2 is 2.45 bits per heavy atom. The molecule has 1 atom stereocenters. The van der Waals surface area contributed by atoms with Gasteiger partial charge in [0.05, 0.1) is 25.9 Å². The van der Waals surface area contributed by atoms with Gasteiger partial charge in [-0.3, -0.25) is 0 Å². The lowest BCUT2D eigenvalue weighted by Crippen LogP contribution is -2.37. The first-order valence-corrected chi connectivity index (χ1v) is 3.94. The van der Waals surface area contributed by atoms with Crippen molar-refractivity contribution in [2.24, 2.45) is 0 Å². The topological polar surface area (TPSA) is 30.5 Å². The van der Waals surface area contributed by atoms with Crippen LogP contribution in [0.3, 0.4) is 0 Å². The third-order valence-electron chi connectivity index (χ3n) is 1.55. The van der Waals surface area contributed by atoms with E-state index in [0.717, 1.165) is 26.3 Å². The summed E-state index contributed by atoms with van der Waals surface area (Å²) in [6, 6.07) is 0. The molecule has 1 aliphatic heterocycles. The van der Waals surface area contributed by atoms with Gasteiger partial charge in [0.1, 0.15) is 0 Å².